The molecule has 2 aliphatic rings. The maximum Gasteiger partial charge on any atom is 0.407 e. The van der Waals surface area contributed by atoms with E-state index in [1.807, 2.05) is 30.3 Å². The van der Waals surface area contributed by atoms with Crippen LogP contribution in [0.3, 0.4) is 0 Å². The van der Waals surface area contributed by atoms with Crippen LogP contribution in [0.25, 0.3) is 0 Å². The minimum Gasteiger partial charge on any atom is -0.445 e. The Bertz CT molecular complexity index is 587. The van der Waals surface area contributed by atoms with Gasteiger partial charge < -0.3 is 14.8 Å². The molecule has 1 amide bonds. The van der Waals surface area contributed by atoms with Crippen molar-refractivity contribution in [2.75, 3.05) is 6.61 Å². The van der Waals surface area contributed by atoms with Crippen LogP contribution >= 0.6 is 0 Å². The predicted octanol–water partition coefficient (Wildman–Crippen LogP) is 3.10. The number of halogens is 3. The van der Waals surface area contributed by atoms with Gasteiger partial charge in [0.25, 0.3) is 0 Å². The van der Waals surface area contributed by atoms with Gasteiger partial charge in [-0.3, -0.25) is 5.32 Å². The normalized spacial score (nSPS) is 29.6. The minimum absolute atomic E-state index is 0.121. The molecular formula is C17H21F3N2O3. The molecule has 138 valence electrons. The fraction of sp³-hybridized carbons (Fsp3) is 0.588. The van der Waals surface area contributed by atoms with Crippen molar-refractivity contribution in [2.24, 2.45) is 0 Å². The fourth-order valence-electron chi connectivity index (χ4n) is 3.27. The van der Waals surface area contributed by atoms with Gasteiger partial charge >= 0.3 is 12.3 Å². The van der Waals surface area contributed by atoms with E-state index >= 15 is 0 Å². The summed E-state index contributed by atoms with van der Waals surface area (Å²) < 4.78 is 48.8. The van der Waals surface area contributed by atoms with Crippen molar-refractivity contribution in [3.63, 3.8) is 0 Å². The van der Waals surface area contributed by atoms with Crippen LogP contribution in [0, 0.1) is 0 Å². The topological polar surface area (TPSA) is 59.6 Å². The second-order valence-corrected chi connectivity index (χ2v) is 6.52. The molecule has 2 N–H and O–H groups in total. The molecule has 25 heavy (non-hydrogen) atoms. The summed E-state index contributed by atoms with van der Waals surface area (Å²) in [6, 6.07) is 7.58. The van der Waals surface area contributed by atoms with Gasteiger partial charge in [-0.2, -0.15) is 13.2 Å². The first-order valence-corrected chi connectivity index (χ1v) is 8.32. The van der Waals surface area contributed by atoms with Gasteiger partial charge in [0, 0.05) is 6.04 Å². The minimum atomic E-state index is -4.31. The molecule has 1 unspecified atom stereocenters. The molecule has 1 saturated heterocycles. The molecule has 0 bridgehead atoms. The van der Waals surface area contributed by atoms with Crippen LogP contribution in [-0.4, -0.2) is 36.7 Å². The van der Waals surface area contributed by atoms with Crippen LogP contribution in [0.15, 0.2) is 30.3 Å². The van der Waals surface area contributed by atoms with Crippen molar-refractivity contribution >= 4 is 6.09 Å². The van der Waals surface area contributed by atoms with Crippen molar-refractivity contribution in [3.8, 4) is 0 Å². The number of ether oxygens (including phenoxy) is 2. The quantitative estimate of drug-likeness (QED) is 0.872. The molecule has 1 aliphatic heterocycles. The lowest BCUT2D eigenvalue weighted by Gasteiger charge is -2.37. The SMILES string of the molecule is O=C(NC1CCC2(CC1)NC(C(F)(F)F)CO2)OCc1ccccc1. The van der Waals surface area contributed by atoms with E-state index in [0.29, 0.717) is 25.7 Å². The number of hydrogen-bond acceptors (Lipinski definition) is 4. The predicted molar refractivity (Wildman–Crippen MR) is 83.7 cm³/mol. The van der Waals surface area contributed by atoms with E-state index in [0.717, 1.165) is 5.56 Å². The highest BCUT2D eigenvalue weighted by Gasteiger charge is 2.51. The number of amides is 1. The average molecular weight is 358 g/mol. The summed E-state index contributed by atoms with van der Waals surface area (Å²) in [7, 11) is 0. The van der Waals surface area contributed by atoms with Gasteiger partial charge in [0.2, 0.25) is 0 Å². The van der Waals surface area contributed by atoms with E-state index in [1.54, 1.807) is 0 Å². The second kappa shape index (κ2) is 7.21. The van der Waals surface area contributed by atoms with E-state index in [1.165, 1.54) is 0 Å². The lowest BCUT2D eigenvalue weighted by Crippen LogP contribution is -2.53. The number of benzene rings is 1. The van der Waals surface area contributed by atoms with Crippen molar-refractivity contribution in [2.45, 2.75) is 56.3 Å². The molecule has 0 radical (unpaired) electrons. The maximum absolute atomic E-state index is 12.8. The Labute approximate surface area is 143 Å². The third-order valence-corrected chi connectivity index (χ3v) is 4.69. The molecule has 1 saturated carbocycles. The largest absolute Gasteiger partial charge is 0.445 e. The monoisotopic (exact) mass is 358 g/mol. The van der Waals surface area contributed by atoms with Crippen molar-refractivity contribution in [1.82, 2.24) is 10.6 Å². The van der Waals surface area contributed by atoms with E-state index in [9.17, 15) is 18.0 Å². The van der Waals surface area contributed by atoms with Gasteiger partial charge in [-0.05, 0) is 31.2 Å². The fourth-order valence-corrected chi connectivity index (χ4v) is 3.27. The van der Waals surface area contributed by atoms with Gasteiger partial charge in [0.1, 0.15) is 18.4 Å². The summed E-state index contributed by atoms with van der Waals surface area (Å²) in [6.07, 6.45) is -2.90. The molecule has 8 heteroatoms. The highest BCUT2D eigenvalue weighted by molar-refractivity contribution is 5.67. The highest BCUT2D eigenvalue weighted by Crippen LogP contribution is 2.37. The Balaban J connectivity index is 1.41. The summed E-state index contributed by atoms with van der Waals surface area (Å²) in [5, 5.41) is 5.35. The molecule has 1 aliphatic carbocycles. The van der Waals surface area contributed by atoms with Gasteiger partial charge in [0.15, 0.2) is 0 Å². The Morgan fingerprint density at radius 1 is 1.28 bits per heavy atom. The van der Waals surface area contributed by atoms with Crippen LogP contribution in [0.4, 0.5) is 18.0 Å². The maximum atomic E-state index is 12.8. The molecule has 1 aromatic rings. The number of alkyl carbamates (subject to hydrolysis) is 1. The smallest absolute Gasteiger partial charge is 0.407 e. The first-order valence-electron chi connectivity index (χ1n) is 8.32. The molecule has 1 spiro atoms. The van der Waals surface area contributed by atoms with Crippen molar-refractivity contribution in [1.29, 1.82) is 0 Å². The van der Waals surface area contributed by atoms with Crippen molar-refractivity contribution in [3.05, 3.63) is 35.9 Å². The highest BCUT2D eigenvalue weighted by atomic mass is 19.4. The second-order valence-electron chi connectivity index (χ2n) is 6.52. The zero-order valence-corrected chi connectivity index (χ0v) is 13.6. The number of carbonyl (C=O) groups is 1. The molecule has 1 aromatic carbocycles. The summed E-state index contributed by atoms with van der Waals surface area (Å²) in [6.45, 7) is -0.179. The van der Waals surface area contributed by atoms with Crippen molar-refractivity contribution < 1.29 is 27.4 Å². The molecule has 3 rings (SSSR count). The van der Waals surface area contributed by atoms with E-state index in [-0.39, 0.29) is 19.3 Å². The summed E-state index contributed by atoms with van der Waals surface area (Å²) in [5.74, 6) is 0. The lowest BCUT2D eigenvalue weighted by atomic mass is 9.88. The van der Waals surface area contributed by atoms with E-state index in [4.69, 9.17) is 9.47 Å². The number of rotatable bonds is 3. The molecule has 2 fully saturated rings. The molecule has 1 atom stereocenters. The molecule has 1 heterocycles. The van der Waals surface area contributed by atoms with Crippen LogP contribution < -0.4 is 10.6 Å². The third-order valence-electron chi connectivity index (χ3n) is 4.69. The number of hydrogen-bond donors (Lipinski definition) is 2. The Kier molecular flexibility index (Phi) is 5.19. The lowest BCUT2D eigenvalue weighted by molar-refractivity contribution is -0.152. The number of nitrogens with one attached hydrogen (secondary N) is 2. The van der Waals surface area contributed by atoms with Crippen LogP contribution in [0.2, 0.25) is 0 Å². The van der Waals surface area contributed by atoms with E-state index < -0.39 is 24.0 Å². The number of carbonyl (C=O) groups excluding carboxylic acids is 1. The summed E-state index contributed by atoms with van der Waals surface area (Å²) in [5.41, 5.74) is -0.0336. The molecular weight excluding hydrogens is 337 g/mol. The Morgan fingerprint density at radius 2 is 1.96 bits per heavy atom. The van der Waals surface area contributed by atoms with Gasteiger partial charge in [-0.1, -0.05) is 30.3 Å². The standard InChI is InChI=1S/C17H21F3N2O3/c18-17(19,20)14-11-25-16(22-14)8-6-13(7-9-16)21-15(23)24-10-12-4-2-1-3-5-12/h1-5,13-14,22H,6-11H2,(H,21,23). The van der Waals surface area contributed by atoms with Gasteiger partial charge in [-0.15, -0.1) is 0 Å². The zero-order valence-electron chi connectivity index (χ0n) is 13.6. The summed E-state index contributed by atoms with van der Waals surface area (Å²) >= 11 is 0. The van der Waals surface area contributed by atoms with Gasteiger partial charge in [-0.25, -0.2) is 4.79 Å². The zero-order chi connectivity index (χ0) is 17.9. The average Bonchev–Trinajstić information content (AvgIpc) is 3.01. The van der Waals surface area contributed by atoms with Crippen LogP contribution in [0.5, 0.6) is 0 Å². The number of alkyl halides is 3. The van der Waals surface area contributed by atoms with Crippen LogP contribution in [0.1, 0.15) is 31.2 Å². The third kappa shape index (κ3) is 4.64. The van der Waals surface area contributed by atoms with Gasteiger partial charge in [0.05, 0.1) is 6.61 Å². The summed E-state index contributed by atoms with van der Waals surface area (Å²) in [4.78, 5) is 11.9. The molecule has 0 aromatic heterocycles. The Hall–Kier alpha value is -1.80. The van der Waals surface area contributed by atoms with Crippen LogP contribution in [-0.2, 0) is 16.1 Å². The molecule has 5 nitrogen and oxygen atoms in total. The van der Waals surface area contributed by atoms with E-state index in [2.05, 4.69) is 10.6 Å². The first kappa shape index (κ1) is 18.0. The Morgan fingerprint density at radius 3 is 2.56 bits per heavy atom. The first-order chi connectivity index (χ1) is 11.9.